The quantitative estimate of drug-likeness (QED) is 0.571. The molecule has 2 nitrogen and oxygen atoms in total. The van der Waals surface area contributed by atoms with Gasteiger partial charge >= 0.3 is 0 Å². The fourth-order valence-electron chi connectivity index (χ4n) is 1.46. The number of nitriles is 1. The number of benzene rings is 1. The van der Waals surface area contributed by atoms with Crippen LogP contribution in [0, 0.1) is 11.3 Å². The van der Waals surface area contributed by atoms with E-state index in [0.29, 0.717) is 0 Å². The van der Waals surface area contributed by atoms with Gasteiger partial charge in [-0.15, -0.1) is 0 Å². The summed E-state index contributed by atoms with van der Waals surface area (Å²) < 4.78 is 2.84. The lowest BCUT2D eigenvalue weighted by Gasteiger charge is -2.01. The highest BCUT2D eigenvalue weighted by molar-refractivity contribution is 7.78. The first-order chi connectivity index (χ1) is 7.36. The van der Waals surface area contributed by atoms with Crippen molar-refractivity contribution in [1.29, 1.82) is 5.26 Å². The van der Waals surface area contributed by atoms with E-state index in [1.807, 2.05) is 24.3 Å². The number of hydrogen-bond donors (Lipinski definition) is 2. The lowest BCUT2D eigenvalue weighted by molar-refractivity contribution is 0.674. The van der Waals surface area contributed by atoms with Gasteiger partial charge in [0.1, 0.15) is 0 Å². The van der Waals surface area contributed by atoms with E-state index < -0.39 is 0 Å². The van der Waals surface area contributed by atoms with Crippen molar-refractivity contribution in [3.05, 3.63) is 35.4 Å². The molecule has 1 N–H and O–H groups in total. The molecule has 0 aliphatic heterocycles. The average Bonchev–Trinajstić information content (AvgIpc) is 2.30. The largest absolute Gasteiger partial charge is 0.267 e. The number of nitrogens with one attached hydrogen (secondary N) is 1. The Balaban J connectivity index is 2.23. The molecule has 80 valence electrons. The van der Waals surface area contributed by atoms with Gasteiger partial charge in [0, 0.05) is 6.54 Å². The zero-order chi connectivity index (χ0) is 10.9. The van der Waals surface area contributed by atoms with Crippen molar-refractivity contribution in [2.45, 2.75) is 25.7 Å². The molecule has 1 aromatic carbocycles. The summed E-state index contributed by atoms with van der Waals surface area (Å²) in [6.45, 7) is 0.969. The molecule has 0 bridgehead atoms. The van der Waals surface area contributed by atoms with E-state index in [2.05, 4.69) is 23.6 Å². The Morgan fingerprint density at radius 2 is 1.87 bits per heavy atom. The molecule has 0 spiro atoms. The van der Waals surface area contributed by atoms with Crippen molar-refractivity contribution in [2.75, 3.05) is 6.54 Å². The maximum atomic E-state index is 8.64. The van der Waals surface area contributed by atoms with E-state index in [-0.39, 0.29) is 0 Å². The zero-order valence-corrected chi connectivity index (χ0v) is 9.63. The fraction of sp³-hybridized carbons (Fsp3) is 0.417. The Morgan fingerprint density at radius 3 is 2.47 bits per heavy atom. The molecule has 1 rings (SSSR count). The molecule has 0 aliphatic carbocycles. The van der Waals surface area contributed by atoms with Crippen LogP contribution in [0.5, 0.6) is 0 Å². The average molecular weight is 220 g/mol. The van der Waals surface area contributed by atoms with Gasteiger partial charge in [0.2, 0.25) is 0 Å². The summed E-state index contributed by atoms with van der Waals surface area (Å²) in [5, 5.41) is 8.64. The van der Waals surface area contributed by atoms with Crippen molar-refractivity contribution in [2.24, 2.45) is 0 Å². The van der Waals surface area contributed by atoms with E-state index in [1.165, 1.54) is 24.8 Å². The molecule has 1 aromatic rings. The van der Waals surface area contributed by atoms with Gasteiger partial charge in [-0.2, -0.15) is 5.26 Å². The highest BCUT2D eigenvalue weighted by atomic mass is 32.1. The SMILES string of the molecule is N#Cc1ccc(CCCCCNS)cc1. The van der Waals surface area contributed by atoms with Gasteiger partial charge in [-0.3, -0.25) is 4.72 Å². The predicted molar refractivity (Wildman–Crippen MR) is 65.7 cm³/mol. The maximum Gasteiger partial charge on any atom is 0.0991 e. The lowest BCUT2D eigenvalue weighted by atomic mass is 10.1. The molecular weight excluding hydrogens is 204 g/mol. The van der Waals surface area contributed by atoms with Gasteiger partial charge in [0.05, 0.1) is 11.6 Å². The van der Waals surface area contributed by atoms with E-state index in [9.17, 15) is 0 Å². The Labute approximate surface area is 96.9 Å². The summed E-state index contributed by atoms with van der Waals surface area (Å²) in [5.41, 5.74) is 2.05. The van der Waals surface area contributed by atoms with Crippen LogP contribution in [0.1, 0.15) is 30.4 Å². The molecule has 0 radical (unpaired) electrons. The monoisotopic (exact) mass is 220 g/mol. The second-order valence-electron chi connectivity index (χ2n) is 3.53. The molecule has 3 heteroatoms. The van der Waals surface area contributed by atoms with E-state index in [1.54, 1.807) is 0 Å². The van der Waals surface area contributed by atoms with Gasteiger partial charge in [0.25, 0.3) is 0 Å². The molecule has 15 heavy (non-hydrogen) atoms. The summed E-state index contributed by atoms with van der Waals surface area (Å²) in [4.78, 5) is 0. The highest BCUT2D eigenvalue weighted by Gasteiger charge is 1.94. The van der Waals surface area contributed by atoms with Crippen LogP contribution in [-0.2, 0) is 6.42 Å². The van der Waals surface area contributed by atoms with E-state index in [0.717, 1.165) is 18.5 Å². The summed E-state index contributed by atoms with van der Waals surface area (Å²) in [7, 11) is 0. The third-order valence-corrected chi connectivity index (χ3v) is 2.56. The Kier molecular flexibility index (Phi) is 5.91. The van der Waals surface area contributed by atoms with Crippen LogP contribution < -0.4 is 4.72 Å². The van der Waals surface area contributed by atoms with Crippen molar-refractivity contribution in [1.82, 2.24) is 4.72 Å². The molecule has 0 saturated heterocycles. The topological polar surface area (TPSA) is 35.8 Å². The van der Waals surface area contributed by atoms with Crippen molar-refractivity contribution in [3.63, 3.8) is 0 Å². The number of hydrogen-bond acceptors (Lipinski definition) is 3. The van der Waals surface area contributed by atoms with Crippen LogP contribution in [-0.4, -0.2) is 6.54 Å². The minimum Gasteiger partial charge on any atom is -0.267 e. The smallest absolute Gasteiger partial charge is 0.0991 e. The van der Waals surface area contributed by atoms with Gasteiger partial charge in [-0.1, -0.05) is 31.4 Å². The van der Waals surface area contributed by atoms with Crippen molar-refractivity contribution < 1.29 is 0 Å². The zero-order valence-electron chi connectivity index (χ0n) is 8.74. The number of aryl methyl sites for hydroxylation is 1. The number of rotatable bonds is 6. The van der Waals surface area contributed by atoms with Crippen LogP contribution in [0.25, 0.3) is 0 Å². The molecule has 0 heterocycles. The van der Waals surface area contributed by atoms with Crippen LogP contribution in [0.3, 0.4) is 0 Å². The molecule has 0 aromatic heterocycles. The first-order valence-electron chi connectivity index (χ1n) is 5.23. The highest BCUT2D eigenvalue weighted by Crippen LogP contribution is 2.08. The lowest BCUT2D eigenvalue weighted by Crippen LogP contribution is -2.00. The third-order valence-electron chi connectivity index (χ3n) is 2.34. The first kappa shape index (κ1) is 12.1. The van der Waals surface area contributed by atoms with Crippen molar-refractivity contribution >= 4 is 12.8 Å². The first-order valence-corrected chi connectivity index (χ1v) is 5.67. The van der Waals surface area contributed by atoms with Gasteiger partial charge in [-0.25, -0.2) is 0 Å². The normalized spacial score (nSPS) is 9.87. The second kappa shape index (κ2) is 7.33. The minimum absolute atomic E-state index is 0.734. The Morgan fingerprint density at radius 1 is 1.13 bits per heavy atom. The molecule has 0 amide bonds. The maximum absolute atomic E-state index is 8.64. The second-order valence-corrected chi connectivity index (χ2v) is 3.84. The summed E-state index contributed by atoms with van der Waals surface area (Å²) in [6, 6.07) is 9.95. The molecule has 0 aliphatic rings. The van der Waals surface area contributed by atoms with Crippen LogP contribution >= 0.6 is 12.8 Å². The summed E-state index contributed by atoms with van der Waals surface area (Å²) in [6.07, 6.45) is 4.67. The molecule has 0 fully saturated rings. The Hall–Kier alpha value is -0.980. The molecular formula is C12H16N2S. The third kappa shape index (κ3) is 4.87. The van der Waals surface area contributed by atoms with Crippen LogP contribution in [0.4, 0.5) is 0 Å². The standard InChI is InChI=1S/C12H16N2S/c13-10-12-7-5-11(6-8-12)4-2-1-3-9-14-15/h5-8,14-15H,1-4,9H2. The predicted octanol–water partition coefficient (Wildman–Crippen LogP) is 2.71. The van der Waals surface area contributed by atoms with Gasteiger partial charge < -0.3 is 0 Å². The van der Waals surface area contributed by atoms with E-state index >= 15 is 0 Å². The summed E-state index contributed by atoms with van der Waals surface area (Å²) in [5.74, 6) is 0. The fourth-order valence-corrected chi connectivity index (χ4v) is 1.61. The molecule has 0 atom stereocenters. The van der Waals surface area contributed by atoms with E-state index in [4.69, 9.17) is 5.26 Å². The number of thiol groups is 1. The van der Waals surface area contributed by atoms with Crippen LogP contribution in [0.2, 0.25) is 0 Å². The summed E-state index contributed by atoms with van der Waals surface area (Å²) >= 11 is 3.93. The van der Waals surface area contributed by atoms with Gasteiger partial charge in [-0.05, 0) is 37.0 Å². The van der Waals surface area contributed by atoms with Crippen molar-refractivity contribution in [3.8, 4) is 6.07 Å². The molecule has 0 saturated carbocycles. The van der Waals surface area contributed by atoms with Crippen LogP contribution in [0.15, 0.2) is 24.3 Å². The number of unbranched alkanes of at least 4 members (excludes halogenated alkanes) is 2. The minimum atomic E-state index is 0.734. The molecule has 0 unspecified atom stereocenters. The number of nitrogens with zero attached hydrogens (tertiary/aromatic N) is 1. The van der Waals surface area contributed by atoms with Gasteiger partial charge in [0.15, 0.2) is 0 Å². The Bertz CT molecular complexity index is 313.